The zero-order chi connectivity index (χ0) is 18.4. The van der Waals surface area contributed by atoms with E-state index in [0.717, 1.165) is 10.0 Å². The molecule has 0 N–H and O–H groups in total. The molecule has 0 aromatic heterocycles. The van der Waals surface area contributed by atoms with Gasteiger partial charge in [0.15, 0.2) is 8.32 Å². The molecule has 0 spiro atoms. The van der Waals surface area contributed by atoms with Crippen LogP contribution in [0, 0.1) is 5.92 Å². The van der Waals surface area contributed by atoms with Crippen molar-refractivity contribution in [3.05, 3.63) is 9.28 Å². The van der Waals surface area contributed by atoms with E-state index < -0.39 is 14.3 Å². The molecule has 0 bridgehead atoms. The van der Waals surface area contributed by atoms with Crippen molar-refractivity contribution >= 4 is 42.8 Å². The van der Waals surface area contributed by atoms with Crippen molar-refractivity contribution in [2.24, 2.45) is 5.92 Å². The largest absolute Gasteiger partial charge is 0.461 e. The molecule has 1 amide bonds. The summed E-state index contributed by atoms with van der Waals surface area (Å²) in [5.74, 6) is -0.578. The molecule has 2 heterocycles. The minimum absolute atomic E-state index is 0.0130. The number of carbonyl (C=O) groups excluding carboxylic acids is 2. The van der Waals surface area contributed by atoms with Crippen LogP contribution in [0.2, 0.25) is 18.1 Å². The maximum absolute atomic E-state index is 12.7. The van der Waals surface area contributed by atoms with Crippen LogP contribution in [0.15, 0.2) is 9.28 Å². The molecule has 7 heteroatoms. The van der Waals surface area contributed by atoms with Crippen LogP contribution in [-0.4, -0.2) is 43.8 Å². The van der Waals surface area contributed by atoms with Crippen LogP contribution in [0.3, 0.4) is 0 Å². The summed E-state index contributed by atoms with van der Waals surface area (Å²) >= 11 is 2.16. The fraction of sp³-hybridized carbons (Fsp3) is 0.765. The number of amides is 1. The number of β-lactam (4-membered cyclic amide) rings is 1. The second-order valence-electron chi connectivity index (χ2n) is 8.06. The van der Waals surface area contributed by atoms with Crippen LogP contribution >= 0.6 is 22.6 Å². The third-order valence-corrected chi connectivity index (χ3v) is 10.9. The van der Waals surface area contributed by atoms with Crippen LogP contribution in [0.25, 0.3) is 0 Å². The maximum Gasteiger partial charge on any atom is 0.355 e. The topological polar surface area (TPSA) is 55.8 Å². The lowest BCUT2D eigenvalue weighted by Gasteiger charge is -2.48. The van der Waals surface area contributed by atoms with E-state index in [1.165, 1.54) is 0 Å². The highest BCUT2D eigenvalue weighted by Gasteiger charge is 2.58. The summed E-state index contributed by atoms with van der Waals surface area (Å²) in [5, 5.41) is 0.103. The maximum atomic E-state index is 12.7. The number of rotatable bonds is 5. The zero-order valence-corrected chi connectivity index (χ0v) is 18.8. The Bertz CT molecular complexity index is 582. The molecule has 0 saturated carbocycles. The van der Waals surface area contributed by atoms with E-state index in [4.69, 9.17) is 9.16 Å². The van der Waals surface area contributed by atoms with Crippen molar-refractivity contribution in [1.29, 1.82) is 0 Å². The van der Waals surface area contributed by atoms with Gasteiger partial charge >= 0.3 is 5.97 Å². The van der Waals surface area contributed by atoms with E-state index in [2.05, 4.69) is 56.5 Å². The summed E-state index contributed by atoms with van der Waals surface area (Å²) in [6, 6.07) is 0.0311. The van der Waals surface area contributed by atoms with Gasteiger partial charge in [-0.25, -0.2) is 4.79 Å². The van der Waals surface area contributed by atoms with E-state index in [-0.39, 0.29) is 29.0 Å². The minimum Gasteiger partial charge on any atom is -0.461 e. The van der Waals surface area contributed by atoms with Gasteiger partial charge in [0.2, 0.25) is 5.91 Å². The van der Waals surface area contributed by atoms with Gasteiger partial charge in [0, 0.05) is 10.0 Å². The quantitative estimate of drug-likeness (QED) is 0.268. The van der Waals surface area contributed by atoms with Crippen LogP contribution in [0.5, 0.6) is 0 Å². The van der Waals surface area contributed by atoms with Gasteiger partial charge in [-0.05, 0) is 54.6 Å². The van der Waals surface area contributed by atoms with Gasteiger partial charge in [-0.3, -0.25) is 4.79 Å². The Morgan fingerprint density at radius 3 is 2.50 bits per heavy atom. The first-order chi connectivity index (χ1) is 10.9. The Kier molecular flexibility index (Phi) is 5.57. The first kappa shape index (κ1) is 19.9. The van der Waals surface area contributed by atoms with Crippen LogP contribution < -0.4 is 0 Å². The smallest absolute Gasteiger partial charge is 0.355 e. The predicted molar refractivity (Wildman–Crippen MR) is 104 cm³/mol. The van der Waals surface area contributed by atoms with E-state index in [1.807, 2.05) is 6.92 Å². The Balaban J connectivity index is 2.11. The van der Waals surface area contributed by atoms with Gasteiger partial charge in [-0.1, -0.05) is 20.8 Å². The lowest BCUT2D eigenvalue weighted by molar-refractivity contribution is -0.161. The number of carbonyl (C=O) groups is 2. The molecule has 1 saturated heterocycles. The second-order valence-corrected chi connectivity index (χ2v) is 14.1. The van der Waals surface area contributed by atoms with Gasteiger partial charge in [0.1, 0.15) is 5.70 Å². The molecule has 0 aromatic carbocycles. The molecular weight excluding hydrogens is 437 g/mol. The average molecular weight is 465 g/mol. The fourth-order valence-electron chi connectivity index (χ4n) is 3.11. The standard InChI is InChI=1S/C17H28INO4Si/c1-8-22-16(21)14-11(18)9-12-13(15(20)19(12)14)10(2)23-24(6,7)17(3,4)5/h10,12-13H,8-9H2,1-7H3/t10-,12-,13-/m1/s1. The van der Waals surface area contributed by atoms with Crippen molar-refractivity contribution in [1.82, 2.24) is 4.90 Å². The second kappa shape index (κ2) is 6.72. The SMILES string of the molecule is CCOC(=O)C1=C(I)C[C@@H]2[C@@H]([C@@H](C)O[Si](C)(C)C(C)(C)C)C(=O)N12. The Labute approximate surface area is 159 Å². The normalized spacial score (nSPS) is 25.5. The number of esters is 1. The average Bonchev–Trinajstić information content (AvgIpc) is 2.70. The molecule has 2 aliphatic rings. The fourth-order valence-corrected chi connectivity index (χ4v) is 5.47. The van der Waals surface area contributed by atoms with Crippen molar-refractivity contribution in [2.45, 2.75) is 71.3 Å². The first-order valence-electron chi connectivity index (χ1n) is 8.49. The molecule has 3 atom stereocenters. The lowest BCUT2D eigenvalue weighted by atomic mass is 9.83. The Morgan fingerprint density at radius 1 is 1.42 bits per heavy atom. The molecule has 0 radical (unpaired) electrons. The Hall–Kier alpha value is -0.413. The Morgan fingerprint density at radius 2 is 2.00 bits per heavy atom. The molecule has 0 aliphatic carbocycles. The first-order valence-corrected chi connectivity index (χ1v) is 12.5. The van der Waals surface area contributed by atoms with E-state index in [1.54, 1.807) is 11.8 Å². The highest BCUT2D eigenvalue weighted by Crippen LogP contribution is 2.48. The monoisotopic (exact) mass is 465 g/mol. The summed E-state index contributed by atoms with van der Waals surface area (Å²) in [7, 11) is -1.93. The molecule has 0 unspecified atom stereocenters. The third-order valence-electron chi connectivity index (χ3n) is 5.42. The predicted octanol–water partition coefficient (Wildman–Crippen LogP) is 3.84. The van der Waals surface area contributed by atoms with Crippen molar-refractivity contribution < 1.29 is 18.8 Å². The van der Waals surface area contributed by atoms with Crippen molar-refractivity contribution in [3.63, 3.8) is 0 Å². The van der Waals surface area contributed by atoms with Crippen LogP contribution in [0.1, 0.15) is 41.0 Å². The zero-order valence-electron chi connectivity index (χ0n) is 15.6. The van der Waals surface area contributed by atoms with Gasteiger partial charge in [-0.2, -0.15) is 0 Å². The van der Waals surface area contributed by atoms with Crippen molar-refractivity contribution in [3.8, 4) is 0 Å². The van der Waals surface area contributed by atoms with E-state index in [0.29, 0.717) is 12.3 Å². The summed E-state index contributed by atoms with van der Waals surface area (Å²) in [6.45, 7) is 15.1. The lowest BCUT2D eigenvalue weighted by Crippen LogP contribution is -2.63. The summed E-state index contributed by atoms with van der Waals surface area (Å²) in [4.78, 5) is 26.4. The van der Waals surface area contributed by atoms with E-state index in [9.17, 15) is 9.59 Å². The van der Waals surface area contributed by atoms with Crippen molar-refractivity contribution in [2.75, 3.05) is 6.61 Å². The van der Waals surface area contributed by atoms with Crippen LogP contribution in [-0.2, 0) is 18.8 Å². The van der Waals surface area contributed by atoms with Gasteiger partial charge in [-0.15, -0.1) is 0 Å². The molecule has 1 fully saturated rings. The molecule has 0 aromatic rings. The number of hydrogen-bond acceptors (Lipinski definition) is 4. The minimum atomic E-state index is -1.93. The molecule has 2 aliphatic heterocycles. The highest BCUT2D eigenvalue weighted by atomic mass is 127. The summed E-state index contributed by atoms with van der Waals surface area (Å²) in [5.41, 5.74) is 0.434. The number of ether oxygens (including phenoxy) is 1. The van der Waals surface area contributed by atoms with Gasteiger partial charge < -0.3 is 14.1 Å². The van der Waals surface area contributed by atoms with Gasteiger partial charge in [0.05, 0.1) is 24.7 Å². The number of hydrogen-bond donors (Lipinski definition) is 0. The molecule has 2 rings (SSSR count). The van der Waals surface area contributed by atoms with Gasteiger partial charge in [0.25, 0.3) is 0 Å². The molecule has 24 heavy (non-hydrogen) atoms. The number of halogens is 1. The third kappa shape index (κ3) is 3.31. The summed E-state index contributed by atoms with van der Waals surface area (Å²) < 4.78 is 12.4. The molecule has 5 nitrogen and oxygen atoms in total. The summed E-state index contributed by atoms with van der Waals surface area (Å²) in [6.07, 6.45) is 0.585. The number of nitrogens with zero attached hydrogens (tertiary/aromatic N) is 1. The van der Waals surface area contributed by atoms with E-state index >= 15 is 0 Å². The van der Waals surface area contributed by atoms with Crippen LogP contribution in [0.4, 0.5) is 0 Å². The molecule has 136 valence electrons. The molecular formula is C17H28INO4Si. The number of fused-ring (bicyclic) bond motifs is 1. The highest BCUT2D eigenvalue weighted by molar-refractivity contribution is 14.1.